The van der Waals surface area contributed by atoms with Gasteiger partial charge in [-0.1, -0.05) is 17.8 Å². The summed E-state index contributed by atoms with van der Waals surface area (Å²) in [6.45, 7) is 4.88. The van der Waals surface area contributed by atoms with Crippen LogP contribution >= 0.6 is 23.1 Å². The number of non-ortho nitro benzene ring substituents is 1. The number of halogens is 1. The summed E-state index contributed by atoms with van der Waals surface area (Å²) in [5.41, 5.74) is 0.694. The van der Waals surface area contributed by atoms with Crippen molar-refractivity contribution in [2.75, 3.05) is 24.3 Å². The Labute approximate surface area is 269 Å². The molecule has 0 saturated heterocycles. The molecule has 0 bridgehead atoms. The number of hydrogen-bond acceptors (Lipinski definition) is 12. The third-order valence-corrected chi connectivity index (χ3v) is 8.30. The Morgan fingerprint density at radius 1 is 1.04 bits per heavy atom. The van der Waals surface area contributed by atoms with E-state index in [0.717, 1.165) is 29.2 Å². The van der Waals surface area contributed by atoms with Gasteiger partial charge in [0.15, 0.2) is 11.0 Å². The average Bonchev–Trinajstić information content (AvgIpc) is 3.59. The molecule has 0 aliphatic carbocycles. The van der Waals surface area contributed by atoms with Crippen molar-refractivity contribution in [3.63, 3.8) is 0 Å². The molecule has 0 atom stereocenters. The first-order valence-corrected chi connectivity index (χ1v) is 15.5. The monoisotopic (exact) mass is 670 g/mol. The number of hydrogen-bond donors (Lipinski definition) is 2. The summed E-state index contributed by atoms with van der Waals surface area (Å²) < 4.78 is 25.3. The maximum absolute atomic E-state index is 13.6. The number of thioether (sulfide) groups is 1. The van der Waals surface area contributed by atoms with E-state index in [2.05, 4.69) is 20.8 Å². The van der Waals surface area contributed by atoms with Gasteiger partial charge in [-0.05, 0) is 56.7 Å². The highest BCUT2D eigenvalue weighted by atomic mass is 32.2. The highest BCUT2D eigenvalue weighted by Gasteiger charge is 2.27. The smallest absolute Gasteiger partial charge is 0.348 e. The van der Waals surface area contributed by atoms with E-state index < -0.39 is 34.5 Å². The van der Waals surface area contributed by atoms with Gasteiger partial charge < -0.3 is 20.1 Å². The summed E-state index contributed by atoms with van der Waals surface area (Å²) in [6.07, 6.45) is 0. The highest BCUT2D eigenvalue weighted by Crippen LogP contribution is 2.35. The van der Waals surface area contributed by atoms with E-state index in [1.165, 1.54) is 47.0 Å². The number of anilines is 1. The predicted molar refractivity (Wildman–Crippen MR) is 166 cm³/mol. The zero-order valence-electron chi connectivity index (χ0n) is 24.7. The fraction of sp³-hybridized carbons (Fsp3) is 0.241. The number of esters is 2. The van der Waals surface area contributed by atoms with E-state index in [9.17, 15) is 33.7 Å². The minimum absolute atomic E-state index is 0.0404. The second-order valence-corrected chi connectivity index (χ2v) is 11.2. The fourth-order valence-electron chi connectivity index (χ4n) is 4.12. The van der Waals surface area contributed by atoms with Crippen LogP contribution in [0.3, 0.4) is 0 Å². The lowest BCUT2D eigenvalue weighted by Gasteiger charge is -2.11. The maximum atomic E-state index is 13.6. The molecule has 0 aliphatic heterocycles. The zero-order valence-corrected chi connectivity index (χ0v) is 26.3. The molecule has 2 amide bonds. The molecule has 0 fully saturated rings. The number of nitro benzene ring substituents is 1. The van der Waals surface area contributed by atoms with E-state index in [1.807, 2.05) is 0 Å². The first kappa shape index (κ1) is 33.7. The number of aromatic nitrogens is 3. The van der Waals surface area contributed by atoms with E-state index >= 15 is 0 Å². The Kier molecular flexibility index (Phi) is 11.2. The number of carbonyl (C=O) groups is 4. The lowest BCUT2D eigenvalue weighted by molar-refractivity contribution is -0.384. The van der Waals surface area contributed by atoms with Gasteiger partial charge in [-0.2, -0.15) is 0 Å². The number of carbonyl (C=O) groups excluding carboxylic acids is 4. The molecule has 17 heteroatoms. The van der Waals surface area contributed by atoms with Crippen LogP contribution in [0.5, 0.6) is 0 Å². The van der Waals surface area contributed by atoms with Gasteiger partial charge in [0, 0.05) is 23.4 Å². The van der Waals surface area contributed by atoms with Crippen LogP contribution in [-0.4, -0.2) is 62.4 Å². The summed E-state index contributed by atoms with van der Waals surface area (Å²) in [5.74, 6) is -3.06. The van der Waals surface area contributed by atoms with Crippen LogP contribution < -0.4 is 10.6 Å². The van der Waals surface area contributed by atoms with Gasteiger partial charge >= 0.3 is 11.9 Å². The number of thiophene rings is 1. The Morgan fingerprint density at radius 3 is 2.39 bits per heavy atom. The first-order valence-electron chi connectivity index (χ1n) is 13.7. The van der Waals surface area contributed by atoms with Gasteiger partial charge in [0.25, 0.3) is 11.6 Å². The van der Waals surface area contributed by atoms with Gasteiger partial charge in [0.1, 0.15) is 15.7 Å². The summed E-state index contributed by atoms with van der Waals surface area (Å²) in [6, 6.07) is 10.6. The molecule has 0 unspecified atom stereocenters. The van der Waals surface area contributed by atoms with Crippen molar-refractivity contribution in [1.29, 1.82) is 0 Å². The molecule has 2 heterocycles. The van der Waals surface area contributed by atoms with Crippen molar-refractivity contribution in [2.24, 2.45) is 0 Å². The molecule has 2 N–H and O–H groups in total. The van der Waals surface area contributed by atoms with Crippen molar-refractivity contribution in [3.05, 3.63) is 91.9 Å². The highest BCUT2D eigenvalue weighted by molar-refractivity contribution is 7.99. The van der Waals surface area contributed by atoms with Gasteiger partial charge in [-0.25, -0.2) is 14.0 Å². The zero-order chi connectivity index (χ0) is 33.4. The van der Waals surface area contributed by atoms with Crippen molar-refractivity contribution in [2.45, 2.75) is 32.5 Å². The number of nitrogens with one attached hydrogen (secondary N) is 2. The maximum Gasteiger partial charge on any atom is 0.348 e. The van der Waals surface area contributed by atoms with Crippen LogP contribution in [-0.2, 0) is 20.8 Å². The van der Waals surface area contributed by atoms with Crippen molar-refractivity contribution in [3.8, 4) is 5.69 Å². The van der Waals surface area contributed by atoms with Crippen LogP contribution in [0.2, 0.25) is 0 Å². The number of amides is 2. The molecule has 240 valence electrons. The summed E-state index contributed by atoms with van der Waals surface area (Å²) >= 11 is 1.85. The summed E-state index contributed by atoms with van der Waals surface area (Å²) in [4.78, 5) is 61.6. The number of nitrogens with zero attached hydrogens (tertiary/aromatic N) is 4. The van der Waals surface area contributed by atoms with Crippen LogP contribution in [0.25, 0.3) is 5.69 Å². The van der Waals surface area contributed by atoms with Crippen LogP contribution in [0.4, 0.5) is 15.1 Å². The average molecular weight is 671 g/mol. The molecule has 46 heavy (non-hydrogen) atoms. The molecular formula is C29H27FN6O8S2. The Bertz CT molecular complexity index is 1790. The van der Waals surface area contributed by atoms with Gasteiger partial charge in [0.2, 0.25) is 5.91 Å². The topological polar surface area (TPSA) is 185 Å². The Hall–Kier alpha value is -5.16. The predicted octanol–water partition coefficient (Wildman–Crippen LogP) is 4.70. The van der Waals surface area contributed by atoms with Gasteiger partial charge in [-0.15, -0.1) is 21.5 Å². The second-order valence-electron chi connectivity index (χ2n) is 9.24. The molecule has 0 spiro atoms. The largest absolute Gasteiger partial charge is 0.462 e. The lowest BCUT2D eigenvalue weighted by Crippen LogP contribution is -2.24. The number of ether oxygens (including phenoxy) is 2. The molecule has 14 nitrogen and oxygen atoms in total. The van der Waals surface area contributed by atoms with E-state index in [4.69, 9.17) is 9.47 Å². The number of benzene rings is 2. The minimum Gasteiger partial charge on any atom is -0.462 e. The van der Waals surface area contributed by atoms with Crippen LogP contribution in [0.15, 0.2) is 53.7 Å². The van der Waals surface area contributed by atoms with Crippen molar-refractivity contribution < 1.29 is 38.0 Å². The second kappa shape index (κ2) is 15.2. The van der Waals surface area contributed by atoms with E-state index in [-0.39, 0.29) is 63.2 Å². The third kappa shape index (κ3) is 7.91. The lowest BCUT2D eigenvalue weighted by atomic mass is 10.1. The summed E-state index contributed by atoms with van der Waals surface area (Å²) in [7, 11) is 0. The molecule has 2 aromatic carbocycles. The number of nitro groups is 1. The quantitative estimate of drug-likeness (QED) is 0.0870. The van der Waals surface area contributed by atoms with Crippen molar-refractivity contribution in [1.82, 2.24) is 20.1 Å². The van der Waals surface area contributed by atoms with Crippen LogP contribution in [0, 0.1) is 22.9 Å². The SMILES string of the molecule is CCOC(=O)c1sc(NC(=O)CSc2nnc(CNC(=O)c3cccc(F)c3)n2-c2ccc([N+](=O)[O-])cc2)c(C(=O)OCC)c1C. The third-order valence-electron chi connectivity index (χ3n) is 6.19. The first-order chi connectivity index (χ1) is 22.0. The Morgan fingerprint density at radius 2 is 1.74 bits per heavy atom. The standard InChI is InChI=1S/C29H27FN6O8S2/c1-4-43-27(39)23-16(3)24(28(40)44-5-2)46-26(23)32-22(37)15-45-29-34-33-21(14-31-25(38)17-7-6-8-18(30)13-17)35(29)19-9-11-20(12-10-19)36(41)42/h6-13H,4-5,14-15H2,1-3H3,(H,31,38)(H,32,37). The molecular weight excluding hydrogens is 643 g/mol. The Balaban J connectivity index is 1.57. The summed E-state index contributed by atoms with van der Waals surface area (Å²) in [5, 5.41) is 25.1. The minimum atomic E-state index is -0.711. The van der Waals surface area contributed by atoms with E-state index in [0.29, 0.717) is 11.3 Å². The van der Waals surface area contributed by atoms with E-state index in [1.54, 1.807) is 20.8 Å². The molecule has 0 saturated carbocycles. The van der Waals surface area contributed by atoms with Crippen LogP contribution in [0.1, 0.15) is 55.6 Å². The molecule has 0 radical (unpaired) electrons. The van der Waals surface area contributed by atoms with Gasteiger partial charge in [-0.3, -0.25) is 24.3 Å². The fourth-order valence-corrected chi connectivity index (χ4v) is 5.99. The molecule has 2 aromatic heterocycles. The number of rotatable bonds is 13. The molecule has 4 aromatic rings. The molecule has 4 rings (SSSR count). The normalized spacial score (nSPS) is 10.7. The molecule has 0 aliphatic rings. The van der Waals surface area contributed by atoms with Crippen molar-refractivity contribution >= 4 is 57.5 Å². The van der Waals surface area contributed by atoms with Gasteiger partial charge in [0.05, 0.1) is 36.0 Å².